The normalized spacial score (nSPS) is 12.0. The zero-order chi connectivity index (χ0) is 15.4. The van der Waals surface area contributed by atoms with Crippen LogP contribution in [0.5, 0.6) is 0 Å². The largest absolute Gasteiger partial charge is 0.465 e. The number of hydrogen-bond donors (Lipinski definition) is 2. The second kappa shape index (κ2) is 6.57. The predicted molar refractivity (Wildman–Crippen MR) is 74.0 cm³/mol. The van der Waals surface area contributed by atoms with Gasteiger partial charge in [-0.25, -0.2) is 23.5 Å². The lowest BCUT2D eigenvalue weighted by atomic mass is 9.95. The smallest absolute Gasteiger partial charge is 0.404 e. The molecule has 0 saturated heterocycles. The molecule has 0 saturated carbocycles. The van der Waals surface area contributed by atoms with Crippen molar-refractivity contribution in [1.82, 2.24) is 15.3 Å². The number of rotatable bonds is 4. The summed E-state index contributed by atoms with van der Waals surface area (Å²) in [5.41, 5.74) is 0.712. The summed E-state index contributed by atoms with van der Waals surface area (Å²) in [6, 6.07) is 3.04. The van der Waals surface area contributed by atoms with Crippen molar-refractivity contribution < 1.29 is 18.7 Å². The van der Waals surface area contributed by atoms with Gasteiger partial charge in [-0.3, -0.25) is 0 Å². The number of hydrogen-bond acceptors (Lipinski definition) is 3. The third kappa shape index (κ3) is 3.94. The highest BCUT2D eigenvalue weighted by Crippen LogP contribution is 2.28. The molecule has 5 nitrogen and oxygen atoms in total. The van der Waals surface area contributed by atoms with Gasteiger partial charge in [0.15, 0.2) is 0 Å². The molecule has 0 aliphatic rings. The van der Waals surface area contributed by atoms with Crippen LogP contribution >= 0.6 is 15.9 Å². The predicted octanol–water partition coefficient (Wildman–Crippen LogP) is 2.92. The topological polar surface area (TPSA) is 75.1 Å². The monoisotopic (exact) mass is 357 g/mol. The van der Waals surface area contributed by atoms with Crippen molar-refractivity contribution in [2.45, 2.75) is 5.92 Å². The highest BCUT2D eigenvalue weighted by molar-refractivity contribution is 9.10. The van der Waals surface area contributed by atoms with Gasteiger partial charge in [-0.2, -0.15) is 0 Å². The molecule has 0 radical (unpaired) electrons. The maximum Gasteiger partial charge on any atom is 0.404 e. The molecule has 0 aliphatic heterocycles. The number of halogens is 3. The van der Waals surface area contributed by atoms with E-state index in [4.69, 9.17) is 5.11 Å². The quantitative estimate of drug-likeness (QED) is 0.881. The van der Waals surface area contributed by atoms with Gasteiger partial charge in [0.05, 0.1) is 10.2 Å². The second-order valence-electron chi connectivity index (χ2n) is 4.20. The van der Waals surface area contributed by atoms with E-state index in [-0.39, 0.29) is 12.1 Å². The molecule has 2 rings (SSSR count). The summed E-state index contributed by atoms with van der Waals surface area (Å²) in [7, 11) is 0. The first-order chi connectivity index (χ1) is 9.97. The van der Waals surface area contributed by atoms with E-state index in [1.165, 1.54) is 12.5 Å². The van der Waals surface area contributed by atoms with Crippen molar-refractivity contribution >= 4 is 22.0 Å². The zero-order valence-electron chi connectivity index (χ0n) is 10.6. The maximum atomic E-state index is 13.4. The molecular formula is C13H10BrF2N3O2. The van der Waals surface area contributed by atoms with Crippen molar-refractivity contribution in [3.63, 3.8) is 0 Å². The van der Waals surface area contributed by atoms with E-state index in [0.29, 0.717) is 10.2 Å². The number of aromatic nitrogens is 2. The van der Waals surface area contributed by atoms with Crippen LogP contribution in [0.4, 0.5) is 13.6 Å². The SMILES string of the molecule is O=C(O)NCC(c1cc(F)cc(F)c1)c1ncncc1Br. The molecule has 21 heavy (non-hydrogen) atoms. The van der Waals surface area contributed by atoms with Crippen molar-refractivity contribution in [3.8, 4) is 0 Å². The van der Waals surface area contributed by atoms with Crippen LogP contribution in [0, 0.1) is 11.6 Å². The Bertz CT molecular complexity index is 649. The minimum atomic E-state index is -1.23. The zero-order valence-corrected chi connectivity index (χ0v) is 12.1. The van der Waals surface area contributed by atoms with Gasteiger partial charge < -0.3 is 10.4 Å². The van der Waals surface area contributed by atoms with Crippen molar-refractivity contribution in [2.24, 2.45) is 0 Å². The van der Waals surface area contributed by atoms with Gasteiger partial charge in [0.1, 0.15) is 18.0 Å². The standard InChI is InChI=1S/C13H10BrF2N3O2/c14-11-5-17-6-19-12(11)10(4-18-13(20)21)7-1-8(15)3-9(16)2-7/h1-3,5-6,10,18H,4H2,(H,20,21). The molecule has 1 amide bonds. The third-order valence-electron chi connectivity index (χ3n) is 2.77. The van der Waals surface area contributed by atoms with Crippen LogP contribution in [0.15, 0.2) is 35.2 Å². The van der Waals surface area contributed by atoms with Crippen LogP contribution in [0.2, 0.25) is 0 Å². The van der Waals surface area contributed by atoms with E-state index in [1.807, 2.05) is 0 Å². The Morgan fingerprint density at radius 3 is 2.57 bits per heavy atom. The summed E-state index contributed by atoms with van der Waals surface area (Å²) in [5, 5.41) is 10.9. The Morgan fingerprint density at radius 2 is 2.00 bits per heavy atom. The molecule has 0 bridgehead atoms. The first-order valence-electron chi connectivity index (χ1n) is 5.85. The van der Waals surface area contributed by atoms with Gasteiger partial charge in [0.2, 0.25) is 0 Å². The van der Waals surface area contributed by atoms with Crippen LogP contribution in [-0.4, -0.2) is 27.7 Å². The van der Waals surface area contributed by atoms with E-state index in [2.05, 4.69) is 31.2 Å². The number of nitrogens with zero attached hydrogens (tertiary/aromatic N) is 2. The van der Waals surface area contributed by atoms with Crippen LogP contribution in [-0.2, 0) is 0 Å². The summed E-state index contributed by atoms with van der Waals surface area (Å²) < 4.78 is 27.3. The van der Waals surface area contributed by atoms with Crippen LogP contribution in [0.1, 0.15) is 17.2 Å². The lowest BCUT2D eigenvalue weighted by Crippen LogP contribution is -2.28. The molecule has 1 aromatic carbocycles. The van der Waals surface area contributed by atoms with Gasteiger partial charge in [-0.1, -0.05) is 0 Å². The summed E-state index contributed by atoms with van der Waals surface area (Å²) in [5.74, 6) is -2.13. The summed E-state index contributed by atoms with van der Waals surface area (Å²) in [4.78, 5) is 18.5. The van der Waals surface area contributed by atoms with Gasteiger partial charge in [-0.05, 0) is 33.6 Å². The molecule has 2 aromatic rings. The van der Waals surface area contributed by atoms with E-state index in [1.54, 1.807) is 0 Å². The summed E-state index contributed by atoms with van der Waals surface area (Å²) in [6.45, 7) is -0.0756. The molecule has 1 aromatic heterocycles. The Labute approximate surface area is 127 Å². The van der Waals surface area contributed by atoms with Gasteiger partial charge >= 0.3 is 6.09 Å². The first-order valence-corrected chi connectivity index (χ1v) is 6.65. The molecule has 1 heterocycles. The van der Waals surface area contributed by atoms with Crippen molar-refractivity contribution in [3.05, 3.63) is 58.1 Å². The maximum absolute atomic E-state index is 13.4. The highest BCUT2D eigenvalue weighted by atomic mass is 79.9. The highest BCUT2D eigenvalue weighted by Gasteiger charge is 2.21. The Kier molecular flexibility index (Phi) is 4.79. The Hall–Kier alpha value is -2.09. The molecule has 2 N–H and O–H groups in total. The number of carbonyl (C=O) groups is 1. The molecule has 1 unspecified atom stereocenters. The third-order valence-corrected chi connectivity index (χ3v) is 3.38. The molecule has 8 heteroatoms. The fraction of sp³-hybridized carbons (Fsp3) is 0.154. The number of carboxylic acid groups (broad SMARTS) is 1. The fourth-order valence-electron chi connectivity index (χ4n) is 1.92. The van der Waals surface area contributed by atoms with Crippen LogP contribution < -0.4 is 5.32 Å². The average Bonchev–Trinajstić information content (AvgIpc) is 2.39. The number of nitrogens with one attached hydrogen (secondary N) is 1. The molecule has 0 spiro atoms. The van der Waals surface area contributed by atoms with Crippen LogP contribution in [0.3, 0.4) is 0 Å². The number of amides is 1. The van der Waals surface area contributed by atoms with E-state index < -0.39 is 23.6 Å². The fourth-order valence-corrected chi connectivity index (χ4v) is 2.41. The lowest BCUT2D eigenvalue weighted by molar-refractivity contribution is 0.194. The molecule has 0 fully saturated rings. The minimum Gasteiger partial charge on any atom is -0.465 e. The second-order valence-corrected chi connectivity index (χ2v) is 5.05. The van der Waals surface area contributed by atoms with E-state index >= 15 is 0 Å². The molecule has 1 atom stereocenters. The van der Waals surface area contributed by atoms with Crippen molar-refractivity contribution in [1.29, 1.82) is 0 Å². The Morgan fingerprint density at radius 1 is 1.33 bits per heavy atom. The minimum absolute atomic E-state index is 0.0756. The van der Waals surface area contributed by atoms with Gasteiger partial charge in [0, 0.05) is 24.7 Å². The molecule has 110 valence electrons. The lowest BCUT2D eigenvalue weighted by Gasteiger charge is -2.18. The van der Waals surface area contributed by atoms with E-state index in [9.17, 15) is 13.6 Å². The number of benzene rings is 1. The van der Waals surface area contributed by atoms with Crippen LogP contribution in [0.25, 0.3) is 0 Å². The molecule has 0 aliphatic carbocycles. The first kappa shape index (κ1) is 15.3. The summed E-state index contributed by atoms with van der Waals surface area (Å²) in [6.07, 6.45) is 1.52. The summed E-state index contributed by atoms with van der Waals surface area (Å²) >= 11 is 3.25. The Balaban J connectivity index is 2.45. The van der Waals surface area contributed by atoms with E-state index in [0.717, 1.165) is 18.2 Å². The average molecular weight is 358 g/mol. The van der Waals surface area contributed by atoms with Gasteiger partial charge in [-0.15, -0.1) is 0 Å². The van der Waals surface area contributed by atoms with Gasteiger partial charge in [0.25, 0.3) is 0 Å². The molecular weight excluding hydrogens is 348 g/mol. The van der Waals surface area contributed by atoms with Crippen molar-refractivity contribution in [2.75, 3.05) is 6.54 Å².